The van der Waals surface area contributed by atoms with Crippen molar-refractivity contribution >= 4 is 26.1 Å². The van der Waals surface area contributed by atoms with Crippen LogP contribution >= 0.6 is 21.5 Å². The van der Waals surface area contributed by atoms with Gasteiger partial charge in [0.05, 0.1) is 0 Å². The molecule has 0 saturated heterocycles. The van der Waals surface area contributed by atoms with Crippen molar-refractivity contribution in [1.82, 2.24) is 0 Å². The lowest BCUT2D eigenvalue weighted by atomic mass is 10.2. The normalized spacial score (nSPS) is 9.00. The summed E-state index contributed by atoms with van der Waals surface area (Å²) in [5.74, 6) is 0. The van der Waals surface area contributed by atoms with Crippen molar-refractivity contribution in [2.45, 2.75) is 0 Å². The third-order valence-corrected chi connectivity index (χ3v) is 1.63. The second-order valence-corrected chi connectivity index (χ2v) is 3.17. The first kappa shape index (κ1) is 6.85. The topological polar surface area (TPSA) is 0 Å². The zero-order chi connectivity index (χ0) is 6.69. The Morgan fingerprint density at radius 1 is 1.22 bits per heavy atom. The van der Waals surface area contributed by atoms with E-state index in [2.05, 4.69) is 9.24 Å². The van der Waals surface area contributed by atoms with Gasteiger partial charge < -0.3 is 0 Å². The molecule has 1 unspecified atom stereocenters. The van der Waals surface area contributed by atoms with Crippen LogP contribution in [0.5, 0.6) is 0 Å². The van der Waals surface area contributed by atoms with E-state index in [1.54, 1.807) is 0 Å². The van der Waals surface area contributed by atoms with E-state index in [1.165, 1.54) is 0 Å². The monoisotopic (exact) mass is 154 g/mol. The standard InChI is InChI=1S/C7H7PS/c8-7(9)6-4-2-1-3-5-6/h1-5H,8H2. The van der Waals surface area contributed by atoms with Crippen molar-refractivity contribution in [3.8, 4) is 0 Å². The van der Waals surface area contributed by atoms with E-state index >= 15 is 0 Å². The van der Waals surface area contributed by atoms with Crippen LogP contribution in [-0.4, -0.2) is 4.61 Å². The Bertz CT molecular complexity index is 205. The third-order valence-electron chi connectivity index (χ3n) is 1.06. The van der Waals surface area contributed by atoms with Crippen LogP contribution in [0.15, 0.2) is 30.3 Å². The smallest absolute Gasteiger partial charge is 0.0394 e. The number of hydrogen-bond acceptors (Lipinski definition) is 1. The van der Waals surface area contributed by atoms with Crippen LogP contribution in [0.4, 0.5) is 0 Å². The van der Waals surface area contributed by atoms with Crippen molar-refractivity contribution < 1.29 is 0 Å². The highest BCUT2D eigenvalue weighted by Gasteiger charge is 1.88. The van der Waals surface area contributed by atoms with Gasteiger partial charge in [-0.25, -0.2) is 0 Å². The molecule has 0 radical (unpaired) electrons. The minimum atomic E-state index is 0.871. The predicted molar refractivity (Wildman–Crippen MR) is 47.9 cm³/mol. The Morgan fingerprint density at radius 2 is 1.78 bits per heavy atom. The quantitative estimate of drug-likeness (QED) is 0.441. The SMILES string of the molecule is PC(=S)c1ccccc1. The first-order chi connectivity index (χ1) is 4.30. The molecule has 0 fully saturated rings. The largest absolute Gasteiger partial charge is 0.0930 e. The molecule has 46 valence electrons. The molecule has 0 aliphatic carbocycles. The minimum Gasteiger partial charge on any atom is -0.0930 e. The zero-order valence-electron chi connectivity index (χ0n) is 4.87. The second kappa shape index (κ2) is 3.05. The Morgan fingerprint density at radius 3 is 2.11 bits per heavy atom. The fourth-order valence-corrected chi connectivity index (χ4v) is 0.931. The molecule has 0 heterocycles. The molecule has 1 aromatic carbocycles. The van der Waals surface area contributed by atoms with Gasteiger partial charge >= 0.3 is 0 Å². The van der Waals surface area contributed by atoms with E-state index in [1.807, 2.05) is 30.3 Å². The summed E-state index contributed by atoms with van der Waals surface area (Å²) in [5.41, 5.74) is 1.11. The highest BCUT2D eigenvalue weighted by molar-refractivity contribution is 7.90. The Balaban J connectivity index is 2.98. The van der Waals surface area contributed by atoms with Crippen LogP contribution in [0, 0.1) is 0 Å². The average molecular weight is 154 g/mol. The third kappa shape index (κ3) is 1.85. The highest BCUT2D eigenvalue weighted by atomic mass is 32.1. The second-order valence-electron chi connectivity index (χ2n) is 1.73. The molecule has 0 nitrogen and oxygen atoms in total. The molecule has 0 amide bonds. The molecule has 0 spiro atoms. The summed E-state index contributed by atoms with van der Waals surface area (Å²) in [6, 6.07) is 9.93. The van der Waals surface area contributed by atoms with Crippen LogP contribution < -0.4 is 0 Å². The number of thiocarbonyl (C=S) groups is 1. The number of rotatable bonds is 1. The van der Waals surface area contributed by atoms with Gasteiger partial charge in [0.1, 0.15) is 0 Å². The van der Waals surface area contributed by atoms with Gasteiger partial charge in [0.25, 0.3) is 0 Å². The van der Waals surface area contributed by atoms with Gasteiger partial charge in [-0.05, 0) is 5.56 Å². The summed E-state index contributed by atoms with van der Waals surface area (Å²) in [6.45, 7) is 0. The van der Waals surface area contributed by atoms with Crippen LogP contribution in [-0.2, 0) is 0 Å². The van der Waals surface area contributed by atoms with Gasteiger partial charge in [-0.1, -0.05) is 51.8 Å². The molecule has 0 N–H and O–H groups in total. The fraction of sp³-hybridized carbons (Fsp3) is 0. The molecule has 0 saturated carbocycles. The first-order valence-electron chi connectivity index (χ1n) is 2.65. The van der Waals surface area contributed by atoms with Crippen molar-refractivity contribution in [3.63, 3.8) is 0 Å². The molecule has 2 heteroatoms. The van der Waals surface area contributed by atoms with Gasteiger partial charge in [0.15, 0.2) is 0 Å². The van der Waals surface area contributed by atoms with Gasteiger partial charge in [0.2, 0.25) is 0 Å². The lowest BCUT2D eigenvalue weighted by Gasteiger charge is -1.92. The van der Waals surface area contributed by atoms with Crippen LogP contribution in [0.1, 0.15) is 5.56 Å². The van der Waals surface area contributed by atoms with Crippen molar-refractivity contribution in [2.75, 3.05) is 0 Å². The van der Waals surface area contributed by atoms with Gasteiger partial charge in [-0.3, -0.25) is 0 Å². The summed E-state index contributed by atoms with van der Waals surface area (Å²) in [4.78, 5) is 0. The Labute approximate surface area is 62.5 Å². The Hall–Kier alpha value is -0.260. The van der Waals surface area contributed by atoms with E-state index in [0.717, 1.165) is 10.2 Å². The molecule has 0 bridgehead atoms. The van der Waals surface area contributed by atoms with Gasteiger partial charge in [-0.15, -0.1) is 0 Å². The van der Waals surface area contributed by atoms with E-state index < -0.39 is 0 Å². The number of benzene rings is 1. The summed E-state index contributed by atoms with van der Waals surface area (Å²) >= 11 is 4.92. The van der Waals surface area contributed by atoms with Crippen LogP contribution in [0.2, 0.25) is 0 Å². The van der Waals surface area contributed by atoms with Crippen LogP contribution in [0.3, 0.4) is 0 Å². The maximum atomic E-state index is 4.92. The maximum Gasteiger partial charge on any atom is 0.0394 e. The minimum absolute atomic E-state index is 0.871. The van der Waals surface area contributed by atoms with Gasteiger partial charge in [-0.2, -0.15) is 0 Å². The molecule has 1 rings (SSSR count). The van der Waals surface area contributed by atoms with Crippen molar-refractivity contribution in [3.05, 3.63) is 35.9 Å². The van der Waals surface area contributed by atoms with Gasteiger partial charge in [0, 0.05) is 4.61 Å². The van der Waals surface area contributed by atoms with E-state index in [0.29, 0.717) is 0 Å². The van der Waals surface area contributed by atoms with E-state index in [-0.39, 0.29) is 0 Å². The lowest BCUT2D eigenvalue weighted by molar-refractivity contribution is 1.69. The molecule has 1 atom stereocenters. The number of hydrogen-bond donors (Lipinski definition) is 0. The fourth-order valence-electron chi connectivity index (χ4n) is 0.602. The molecule has 9 heavy (non-hydrogen) atoms. The molecular weight excluding hydrogens is 147 g/mol. The maximum absolute atomic E-state index is 4.92. The lowest BCUT2D eigenvalue weighted by Crippen LogP contribution is -1.82. The predicted octanol–water partition coefficient (Wildman–Crippen LogP) is 2.24. The molecule has 1 aromatic rings. The van der Waals surface area contributed by atoms with E-state index in [4.69, 9.17) is 12.2 Å². The summed E-state index contributed by atoms with van der Waals surface area (Å²) in [7, 11) is 2.50. The van der Waals surface area contributed by atoms with Crippen molar-refractivity contribution in [1.29, 1.82) is 0 Å². The molecule has 0 aromatic heterocycles. The molecular formula is C7H7PS. The highest BCUT2D eigenvalue weighted by Crippen LogP contribution is 2.05. The Kier molecular flexibility index (Phi) is 2.32. The first-order valence-corrected chi connectivity index (χ1v) is 3.64. The summed E-state index contributed by atoms with van der Waals surface area (Å²) in [6.07, 6.45) is 0. The zero-order valence-corrected chi connectivity index (χ0v) is 6.84. The van der Waals surface area contributed by atoms with Crippen molar-refractivity contribution in [2.24, 2.45) is 0 Å². The van der Waals surface area contributed by atoms with E-state index in [9.17, 15) is 0 Å². The average Bonchev–Trinajstić information content (AvgIpc) is 1.90. The van der Waals surface area contributed by atoms with Crippen LogP contribution in [0.25, 0.3) is 0 Å². The molecule has 0 aliphatic rings. The summed E-state index contributed by atoms with van der Waals surface area (Å²) < 4.78 is 0.871. The molecule has 0 aliphatic heterocycles. The summed E-state index contributed by atoms with van der Waals surface area (Å²) in [5, 5.41) is 0.